The minimum atomic E-state index is -0.391. The second-order valence-electron chi connectivity index (χ2n) is 3.66. The highest BCUT2D eigenvalue weighted by Crippen LogP contribution is 2.17. The van der Waals surface area contributed by atoms with E-state index in [1.807, 2.05) is 6.07 Å². The van der Waals surface area contributed by atoms with Crippen LogP contribution in [0.3, 0.4) is 0 Å². The molecule has 0 saturated heterocycles. The lowest BCUT2D eigenvalue weighted by atomic mass is 10.1. The van der Waals surface area contributed by atoms with E-state index in [2.05, 4.69) is 21.2 Å². The molecule has 0 amide bonds. The van der Waals surface area contributed by atoms with Crippen LogP contribution in [0, 0.1) is 0 Å². The van der Waals surface area contributed by atoms with Gasteiger partial charge in [-0.2, -0.15) is 0 Å². The summed E-state index contributed by atoms with van der Waals surface area (Å²) in [6.45, 7) is 2.03. The van der Waals surface area contributed by atoms with E-state index in [1.54, 1.807) is 25.1 Å². The molecule has 0 fully saturated rings. The summed E-state index contributed by atoms with van der Waals surface area (Å²) < 4.78 is 5.48. The Morgan fingerprint density at radius 3 is 2.68 bits per heavy atom. The fraction of sp³-hybridized carbons (Fsp3) is 0.308. The Labute approximate surface area is 125 Å². The van der Waals surface area contributed by atoms with Gasteiger partial charge in [0.25, 0.3) is 0 Å². The quantitative estimate of drug-likeness (QED) is 0.488. The Morgan fingerprint density at radius 1 is 1.37 bits per heavy atom. The Morgan fingerprint density at radius 2 is 2.05 bits per heavy atom. The maximum absolute atomic E-state index is 12.0. The van der Waals surface area contributed by atoms with Crippen LogP contribution in [0.4, 0.5) is 0 Å². The predicted molar refractivity (Wildman–Crippen MR) is 80.3 cm³/mol. The fourth-order valence-corrected chi connectivity index (χ4v) is 2.08. The summed E-state index contributed by atoms with van der Waals surface area (Å²) >= 11 is 8.33. The SMILES string of the molecule is CCOC(=O)CNC(=S)CC(=O)c1ccccc1Br. The molecule has 0 bridgehead atoms. The molecule has 19 heavy (non-hydrogen) atoms. The highest BCUT2D eigenvalue weighted by Gasteiger charge is 2.12. The molecule has 1 N–H and O–H groups in total. The summed E-state index contributed by atoms with van der Waals surface area (Å²) in [5, 5.41) is 2.71. The molecule has 0 spiro atoms. The van der Waals surface area contributed by atoms with Crippen molar-refractivity contribution in [3.63, 3.8) is 0 Å². The molecule has 0 aliphatic heterocycles. The second-order valence-corrected chi connectivity index (χ2v) is 5.01. The standard InChI is InChI=1S/C13H14BrNO3S/c1-2-18-13(17)8-15-12(19)7-11(16)9-5-3-4-6-10(9)14/h3-6H,2,7-8H2,1H3,(H,15,19). The number of carbonyl (C=O) groups is 2. The van der Waals surface area contributed by atoms with Crippen LogP contribution in [0.5, 0.6) is 0 Å². The van der Waals surface area contributed by atoms with Crippen molar-refractivity contribution in [2.75, 3.05) is 13.2 Å². The lowest BCUT2D eigenvalue weighted by Crippen LogP contribution is -2.30. The highest BCUT2D eigenvalue weighted by atomic mass is 79.9. The van der Waals surface area contributed by atoms with Gasteiger partial charge in [-0.1, -0.05) is 46.3 Å². The number of thiocarbonyl (C=S) groups is 1. The fourth-order valence-electron chi connectivity index (χ4n) is 1.37. The summed E-state index contributed by atoms with van der Waals surface area (Å²) in [4.78, 5) is 23.4. The minimum absolute atomic E-state index is 0.0179. The molecule has 0 aliphatic rings. The topological polar surface area (TPSA) is 55.4 Å². The monoisotopic (exact) mass is 343 g/mol. The molecule has 0 unspecified atom stereocenters. The molecule has 1 aromatic carbocycles. The van der Waals surface area contributed by atoms with Crippen LogP contribution < -0.4 is 5.32 Å². The lowest BCUT2D eigenvalue weighted by molar-refractivity contribution is -0.141. The van der Waals surface area contributed by atoms with Gasteiger partial charge in [0.05, 0.1) is 18.0 Å². The van der Waals surface area contributed by atoms with Gasteiger partial charge in [-0.3, -0.25) is 9.59 Å². The third-order valence-electron chi connectivity index (χ3n) is 2.23. The Balaban J connectivity index is 2.47. The minimum Gasteiger partial charge on any atom is -0.465 e. The molecule has 0 heterocycles. The van der Waals surface area contributed by atoms with E-state index < -0.39 is 5.97 Å². The van der Waals surface area contributed by atoms with Crippen LogP contribution in [0.15, 0.2) is 28.7 Å². The van der Waals surface area contributed by atoms with Gasteiger partial charge in [0.2, 0.25) is 0 Å². The number of halogens is 1. The normalized spacial score (nSPS) is 9.79. The lowest BCUT2D eigenvalue weighted by Gasteiger charge is -2.07. The van der Waals surface area contributed by atoms with E-state index in [0.29, 0.717) is 17.2 Å². The molecule has 1 aromatic rings. The third kappa shape index (κ3) is 5.48. The average molecular weight is 344 g/mol. The van der Waals surface area contributed by atoms with Crippen LogP contribution in [0.1, 0.15) is 23.7 Å². The van der Waals surface area contributed by atoms with E-state index >= 15 is 0 Å². The average Bonchev–Trinajstić information content (AvgIpc) is 2.37. The Hall–Kier alpha value is -1.27. The zero-order valence-corrected chi connectivity index (χ0v) is 12.8. The summed E-state index contributed by atoms with van der Waals surface area (Å²) in [5.41, 5.74) is 0.572. The number of ether oxygens (including phenoxy) is 1. The molecule has 0 radical (unpaired) electrons. The van der Waals surface area contributed by atoms with Gasteiger partial charge in [0.15, 0.2) is 5.78 Å². The van der Waals surface area contributed by atoms with Crippen molar-refractivity contribution in [3.05, 3.63) is 34.3 Å². The van der Waals surface area contributed by atoms with Crippen LogP contribution in [0.25, 0.3) is 0 Å². The number of carbonyl (C=O) groups excluding carboxylic acids is 2. The summed E-state index contributed by atoms with van der Waals surface area (Å²) in [7, 11) is 0. The Kier molecular flexibility index (Phi) is 6.66. The first-order chi connectivity index (χ1) is 9.04. The molecule has 102 valence electrons. The second kappa shape index (κ2) is 8.01. The van der Waals surface area contributed by atoms with Crippen LogP contribution in [-0.4, -0.2) is 29.9 Å². The van der Waals surface area contributed by atoms with Crippen molar-refractivity contribution >= 4 is 44.9 Å². The highest BCUT2D eigenvalue weighted by molar-refractivity contribution is 9.10. The van der Waals surface area contributed by atoms with Crippen molar-refractivity contribution in [2.24, 2.45) is 0 Å². The number of hydrogen-bond acceptors (Lipinski definition) is 4. The molecule has 1 rings (SSSR count). The summed E-state index contributed by atoms with van der Waals surface area (Å²) in [6.07, 6.45) is 0.0668. The summed E-state index contributed by atoms with van der Waals surface area (Å²) in [6, 6.07) is 7.13. The van der Waals surface area contributed by atoms with E-state index in [9.17, 15) is 9.59 Å². The van der Waals surface area contributed by atoms with Crippen molar-refractivity contribution in [3.8, 4) is 0 Å². The first-order valence-electron chi connectivity index (χ1n) is 5.74. The molecule has 0 atom stereocenters. The number of esters is 1. The van der Waals surface area contributed by atoms with E-state index in [-0.39, 0.29) is 18.7 Å². The van der Waals surface area contributed by atoms with E-state index in [1.165, 1.54) is 0 Å². The van der Waals surface area contributed by atoms with Gasteiger partial charge in [-0.05, 0) is 13.0 Å². The van der Waals surface area contributed by atoms with Crippen molar-refractivity contribution in [1.82, 2.24) is 5.32 Å². The molecule has 0 aliphatic carbocycles. The molecular weight excluding hydrogens is 330 g/mol. The summed E-state index contributed by atoms with van der Waals surface area (Å²) in [5.74, 6) is -0.493. The van der Waals surface area contributed by atoms with Crippen LogP contribution in [-0.2, 0) is 9.53 Å². The number of hydrogen-bond donors (Lipinski definition) is 1. The van der Waals surface area contributed by atoms with Gasteiger partial charge in [-0.15, -0.1) is 0 Å². The Bertz CT molecular complexity index is 491. The van der Waals surface area contributed by atoms with Gasteiger partial charge in [0, 0.05) is 10.0 Å². The van der Waals surface area contributed by atoms with Crippen molar-refractivity contribution < 1.29 is 14.3 Å². The predicted octanol–water partition coefficient (Wildman–Crippen LogP) is 2.50. The maximum atomic E-state index is 12.0. The number of nitrogens with one attached hydrogen (secondary N) is 1. The number of ketones is 1. The smallest absolute Gasteiger partial charge is 0.325 e. The van der Waals surface area contributed by atoms with Gasteiger partial charge < -0.3 is 10.1 Å². The van der Waals surface area contributed by atoms with Crippen LogP contribution in [0.2, 0.25) is 0 Å². The van der Waals surface area contributed by atoms with E-state index in [4.69, 9.17) is 17.0 Å². The van der Waals surface area contributed by atoms with Gasteiger partial charge in [-0.25, -0.2) is 0 Å². The third-order valence-corrected chi connectivity index (χ3v) is 3.21. The number of rotatable bonds is 6. The number of benzene rings is 1. The molecular formula is C13H14BrNO3S. The maximum Gasteiger partial charge on any atom is 0.325 e. The van der Waals surface area contributed by atoms with E-state index in [0.717, 1.165) is 4.47 Å². The van der Waals surface area contributed by atoms with Gasteiger partial charge >= 0.3 is 5.97 Å². The first-order valence-corrected chi connectivity index (χ1v) is 6.94. The molecule has 0 aromatic heterocycles. The zero-order valence-electron chi connectivity index (χ0n) is 10.4. The molecule has 0 saturated carbocycles. The number of Topliss-reactive ketones (excluding diaryl/α,β-unsaturated/α-hetero) is 1. The zero-order chi connectivity index (χ0) is 14.3. The molecule has 6 heteroatoms. The van der Waals surface area contributed by atoms with Crippen molar-refractivity contribution in [1.29, 1.82) is 0 Å². The van der Waals surface area contributed by atoms with Crippen molar-refractivity contribution in [2.45, 2.75) is 13.3 Å². The largest absolute Gasteiger partial charge is 0.465 e. The first kappa shape index (κ1) is 15.8. The van der Waals surface area contributed by atoms with Crippen LogP contribution >= 0.6 is 28.1 Å². The molecule has 4 nitrogen and oxygen atoms in total. The van der Waals surface area contributed by atoms with Gasteiger partial charge in [0.1, 0.15) is 6.54 Å².